The molecule has 0 aromatic rings. The lowest BCUT2D eigenvalue weighted by Crippen LogP contribution is -2.07. The monoisotopic (exact) mass is 198 g/mol. The number of hydrogen-bond donors (Lipinski definition) is 2. The van der Waals surface area contributed by atoms with Crippen molar-refractivity contribution in [2.24, 2.45) is 0 Å². The molecule has 2 N–H and O–H groups in total. The summed E-state index contributed by atoms with van der Waals surface area (Å²) >= 11 is 0. The molecule has 0 bridgehead atoms. The van der Waals surface area contributed by atoms with Gasteiger partial charge in [-0.25, -0.2) is 4.79 Å². The molecule has 0 rings (SSSR count). The van der Waals surface area contributed by atoms with E-state index in [2.05, 4.69) is 4.74 Å². The van der Waals surface area contributed by atoms with Gasteiger partial charge < -0.3 is 14.9 Å². The van der Waals surface area contributed by atoms with Crippen LogP contribution in [0.25, 0.3) is 0 Å². The highest BCUT2D eigenvalue weighted by Crippen LogP contribution is 2.09. The van der Waals surface area contributed by atoms with E-state index in [9.17, 15) is 9.59 Å². The van der Waals surface area contributed by atoms with Gasteiger partial charge in [0.25, 0.3) is 0 Å². The van der Waals surface area contributed by atoms with Crippen molar-refractivity contribution in [2.75, 3.05) is 13.0 Å². The van der Waals surface area contributed by atoms with Crippen molar-refractivity contribution in [2.45, 2.75) is 14.9 Å². The molecule has 0 aromatic carbocycles. The molecule has 74 valence electrons. The molecule has 0 heterocycles. The van der Waals surface area contributed by atoms with Crippen LogP contribution < -0.4 is 0 Å². The molecule has 0 aliphatic carbocycles. The van der Waals surface area contributed by atoms with Crippen molar-refractivity contribution in [1.29, 1.82) is 0 Å². The average Bonchev–Trinajstić information content (AvgIpc) is 1.85. The number of hydrogen-bond acceptors (Lipinski definition) is 4. The van der Waals surface area contributed by atoms with Crippen LogP contribution in [0.1, 0.15) is 14.9 Å². The predicted octanol–water partition coefficient (Wildman–Crippen LogP) is 1.11. The standard InChI is InChI=1S/C4H7O5P.2CH4/c5-2-9-3(6)1-10-4(7)8;;/h5,10H,1-2H2,(H,7,8);2*1H4. The van der Waals surface area contributed by atoms with Gasteiger partial charge in [0, 0.05) is 8.58 Å². The zero-order chi connectivity index (χ0) is 7.98. The lowest BCUT2D eigenvalue weighted by atomic mass is 10.8. The van der Waals surface area contributed by atoms with Crippen LogP contribution in [0.15, 0.2) is 0 Å². The van der Waals surface area contributed by atoms with E-state index >= 15 is 0 Å². The molecule has 5 nitrogen and oxygen atoms in total. The first-order valence-electron chi connectivity index (χ1n) is 2.40. The molecule has 1 atom stereocenters. The highest BCUT2D eigenvalue weighted by Gasteiger charge is 2.04. The summed E-state index contributed by atoms with van der Waals surface area (Å²) in [5, 5.41) is 16.1. The Morgan fingerprint density at radius 3 is 2.17 bits per heavy atom. The van der Waals surface area contributed by atoms with E-state index in [4.69, 9.17) is 10.2 Å². The minimum absolute atomic E-state index is 0. The third-order valence-corrected chi connectivity index (χ3v) is 1.38. The van der Waals surface area contributed by atoms with Crippen molar-refractivity contribution in [3.8, 4) is 0 Å². The van der Waals surface area contributed by atoms with Crippen molar-refractivity contribution in [1.82, 2.24) is 0 Å². The molecule has 0 saturated heterocycles. The van der Waals surface area contributed by atoms with Gasteiger partial charge in [0.1, 0.15) is 0 Å². The fraction of sp³-hybridized carbons (Fsp3) is 0.667. The quantitative estimate of drug-likeness (QED) is 0.401. The smallest absolute Gasteiger partial charge is 0.321 e. The van der Waals surface area contributed by atoms with Gasteiger partial charge in [0.15, 0.2) is 6.79 Å². The SMILES string of the molecule is C.C.O=C(CPC(=O)O)OCO. The van der Waals surface area contributed by atoms with Crippen LogP contribution in [0.5, 0.6) is 0 Å². The summed E-state index contributed by atoms with van der Waals surface area (Å²) in [4.78, 5) is 20.2. The predicted molar refractivity (Wildman–Crippen MR) is 47.8 cm³/mol. The zero-order valence-electron chi connectivity index (χ0n) is 5.03. The number of ether oxygens (including phenoxy) is 1. The largest absolute Gasteiger partial charge is 0.478 e. The van der Waals surface area contributed by atoms with Gasteiger partial charge in [-0.15, -0.1) is 0 Å². The lowest BCUT2D eigenvalue weighted by Gasteiger charge is -1.96. The van der Waals surface area contributed by atoms with E-state index in [-0.39, 0.29) is 21.0 Å². The number of aliphatic hydroxyl groups is 1. The highest BCUT2D eigenvalue weighted by atomic mass is 31.1. The van der Waals surface area contributed by atoms with Crippen LogP contribution in [0, 0.1) is 0 Å². The van der Waals surface area contributed by atoms with Crippen LogP contribution in [0.3, 0.4) is 0 Å². The second-order valence-electron chi connectivity index (χ2n) is 1.30. The Balaban J connectivity index is -0.000000405. The maximum absolute atomic E-state index is 10.3. The first-order chi connectivity index (χ1) is 4.66. The number of rotatable bonds is 4. The molecule has 0 fully saturated rings. The summed E-state index contributed by atoms with van der Waals surface area (Å²) in [6.45, 7) is -0.692. The van der Waals surface area contributed by atoms with Gasteiger partial charge in [-0.2, -0.15) is 0 Å². The van der Waals surface area contributed by atoms with E-state index in [1.165, 1.54) is 0 Å². The highest BCUT2D eigenvalue weighted by molar-refractivity contribution is 7.57. The minimum Gasteiger partial charge on any atom is -0.478 e. The molecule has 0 radical (unpaired) electrons. The van der Waals surface area contributed by atoms with Crippen LogP contribution in [-0.2, 0) is 9.53 Å². The van der Waals surface area contributed by atoms with Gasteiger partial charge >= 0.3 is 11.7 Å². The molecule has 0 spiro atoms. The number of carboxylic acid groups (broad SMARTS) is 1. The summed E-state index contributed by atoms with van der Waals surface area (Å²) in [6, 6.07) is 0. The maximum atomic E-state index is 10.3. The van der Waals surface area contributed by atoms with E-state index in [1.54, 1.807) is 0 Å². The third kappa shape index (κ3) is 12.0. The molecular formula is C6H15O5P. The molecule has 0 amide bonds. The zero-order valence-corrected chi connectivity index (χ0v) is 6.03. The third-order valence-electron chi connectivity index (χ3n) is 0.609. The van der Waals surface area contributed by atoms with Crippen molar-refractivity contribution >= 4 is 20.3 Å². The normalized spacial score (nSPS) is 8.42. The first kappa shape index (κ1) is 17.4. The van der Waals surface area contributed by atoms with Crippen LogP contribution in [-0.4, -0.2) is 34.8 Å². The maximum Gasteiger partial charge on any atom is 0.321 e. The van der Waals surface area contributed by atoms with E-state index < -0.39 is 27.1 Å². The minimum atomic E-state index is -1.03. The Morgan fingerprint density at radius 1 is 1.33 bits per heavy atom. The summed E-state index contributed by atoms with van der Waals surface area (Å²) < 4.78 is 4.05. The lowest BCUT2D eigenvalue weighted by molar-refractivity contribution is -0.148. The number of aliphatic hydroxyl groups excluding tert-OH is 1. The first-order valence-corrected chi connectivity index (χ1v) is 3.61. The summed E-state index contributed by atoms with van der Waals surface area (Å²) in [6.07, 6.45) is -0.171. The molecule has 6 heteroatoms. The summed E-state index contributed by atoms with van der Waals surface area (Å²) in [5.41, 5.74) is -1.03. The number of esters is 1. The summed E-state index contributed by atoms with van der Waals surface area (Å²) in [7, 11) is -0.490. The number of carbonyl (C=O) groups excluding carboxylic acids is 1. The molecular weight excluding hydrogens is 183 g/mol. The Morgan fingerprint density at radius 2 is 1.83 bits per heavy atom. The molecule has 1 unspecified atom stereocenters. The second kappa shape index (κ2) is 10.3. The average molecular weight is 198 g/mol. The van der Waals surface area contributed by atoms with Crippen molar-refractivity contribution in [3.63, 3.8) is 0 Å². The van der Waals surface area contributed by atoms with Crippen LogP contribution >= 0.6 is 8.58 Å². The summed E-state index contributed by atoms with van der Waals surface area (Å²) in [5.74, 6) is -0.691. The van der Waals surface area contributed by atoms with E-state index in [0.29, 0.717) is 0 Å². The van der Waals surface area contributed by atoms with Gasteiger partial charge in [0.05, 0.1) is 6.16 Å². The van der Waals surface area contributed by atoms with Crippen LogP contribution in [0.2, 0.25) is 0 Å². The molecule has 0 aromatic heterocycles. The van der Waals surface area contributed by atoms with E-state index in [1.807, 2.05) is 0 Å². The van der Waals surface area contributed by atoms with E-state index in [0.717, 1.165) is 0 Å². The number of carbonyl (C=O) groups is 2. The second-order valence-corrected chi connectivity index (χ2v) is 2.44. The van der Waals surface area contributed by atoms with Gasteiger partial charge in [-0.3, -0.25) is 4.79 Å². The van der Waals surface area contributed by atoms with Gasteiger partial charge in [0.2, 0.25) is 0 Å². The van der Waals surface area contributed by atoms with Crippen molar-refractivity contribution < 1.29 is 24.5 Å². The molecule has 0 saturated carbocycles. The van der Waals surface area contributed by atoms with Crippen LogP contribution in [0.4, 0.5) is 4.79 Å². The fourth-order valence-electron chi connectivity index (χ4n) is 0.271. The molecule has 0 aliphatic heterocycles. The Kier molecular flexibility index (Phi) is 15.0. The fourth-order valence-corrected chi connectivity index (χ4v) is 0.668. The Hall–Kier alpha value is -0.670. The Labute approximate surface area is 73.5 Å². The van der Waals surface area contributed by atoms with Crippen molar-refractivity contribution in [3.05, 3.63) is 0 Å². The van der Waals surface area contributed by atoms with Gasteiger partial charge in [-0.05, 0) is 0 Å². The topological polar surface area (TPSA) is 83.8 Å². The molecule has 12 heavy (non-hydrogen) atoms. The Bertz CT molecular complexity index is 136. The van der Waals surface area contributed by atoms with Gasteiger partial charge in [-0.1, -0.05) is 14.9 Å². The molecule has 0 aliphatic rings.